The SMILES string of the molecule is CCCCCCCCCCCCCCCCCC(=O)O[C@H](CCC(C)(C)C)C(C)(C)[C@H]1CC[C@@]2(C)C3=CC(=O)[C@@H]4C[C@@H](C)[C@@H](C)C[C@]4(C)C3CC[C@]12C. The van der Waals surface area contributed by atoms with Crippen molar-refractivity contribution in [3.05, 3.63) is 11.6 Å². The van der Waals surface area contributed by atoms with E-state index in [-0.39, 0.29) is 45.1 Å². The molecule has 0 aromatic rings. The lowest BCUT2D eigenvalue weighted by Gasteiger charge is -2.62. The number of ether oxygens (including phenoxy) is 1. The maximum Gasteiger partial charge on any atom is 0.306 e. The van der Waals surface area contributed by atoms with E-state index in [1.54, 1.807) is 0 Å². The monoisotopic (exact) mass is 737 g/mol. The van der Waals surface area contributed by atoms with E-state index in [4.69, 9.17) is 4.74 Å². The Labute approximate surface area is 329 Å². The molecule has 53 heavy (non-hydrogen) atoms. The molecule has 0 radical (unpaired) electrons. The highest BCUT2D eigenvalue weighted by Crippen LogP contribution is 2.73. The summed E-state index contributed by atoms with van der Waals surface area (Å²) in [7, 11) is 0. The first-order valence-electron chi connectivity index (χ1n) is 23.4. The Morgan fingerprint density at radius 1 is 0.774 bits per heavy atom. The standard InChI is InChI=1S/C50H88O3/c1-12-13-14-15-16-17-18-19-20-21-22-23-24-25-26-27-45(52)53-44(30-31-46(4,5)6)47(7,8)43-29-33-49(10)40-35-42(51)41-34-37(2)38(3)36-48(41,9)39(40)28-32-50(43,49)11/h35,37-39,41,43-44H,12-34,36H2,1-11H3/t37-,38+,39?,41+,43-,44-,48-,49+,50-/m1/s1. The molecular weight excluding hydrogens is 649 g/mol. The fourth-order valence-corrected chi connectivity index (χ4v) is 12.7. The lowest BCUT2D eigenvalue weighted by molar-refractivity contribution is -0.164. The van der Waals surface area contributed by atoms with Crippen LogP contribution in [0.25, 0.3) is 0 Å². The molecule has 0 N–H and O–H groups in total. The van der Waals surface area contributed by atoms with Gasteiger partial charge >= 0.3 is 5.97 Å². The molecule has 3 nitrogen and oxygen atoms in total. The Morgan fingerprint density at radius 2 is 1.32 bits per heavy atom. The number of allylic oxidation sites excluding steroid dienone is 2. The van der Waals surface area contributed by atoms with E-state index in [9.17, 15) is 9.59 Å². The van der Waals surface area contributed by atoms with Crippen LogP contribution < -0.4 is 0 Å². The van der Waals surface area contributed by atoms with Gasteiger partial charge in [-0.2, -0.15) is 0 Å². The molecule has 0 spiro atoms. The average Bonchev–Trinajstić information content (AvgIpc) is 3.37. The molecule has 0 heterocycles. The summed E-state index contributed by atoms with van der Waals surface area (Å²) in [5, 5.41) is 0. The van der Waals surface area contributed by atoms with Crippen LogP contribution in [0, 0.1) is 56.7 Å². The third-order valence-corrected chi connectivity index (χ3v) is 16.6. The topological polar surface area (TPSA) is 43.4 Å². The lowest BCUT2D eigenvalue weighted by Crippen LogP contribution is -2.57. The molecule has 4 rings (SSSR count). The molecule has 3 fully saturated rings. The van der Waals surface area contributed by atoms with Gasteiger partial charge in [0.25, 0.3) is 0 Å². The predicted molar refractivity (Wildman–Crippen MR) is 226 cm³/mol. The summed E-state index contributed by atoms with van der Waals surface area (Å²) in [6.07, 6.45) is 31.5. The van der Waals surface area contributed by atoms with Gasteiger partial charge < -0.3 is 4.74 Å². The van der Waals surface area contributed by atoms with Crippen molar-refractivity contribution in [2.45, 2.75) is 236 Å². The van der Waals surface area contributed by atoms with Gasteiger partial charge in [-0.05, 0) is 109 Å². The third-order valence-electron chi connectivity index (χ3n) is 16.6. The number of hydrogen-bond acceptors (Lipinski definition) is 3. The van der Waals surface area contributed by atoms with E-state index in [0.29, 0.717) is 35.9 Å². The summed E-state index contributed by atoms with van der Waals surface area (Å²) >= 11 is 0. The van der Waals surface area contributed by atoms with Gasteiger partial charge in [0.15, 0.2) is 5.78 Å². The molecule has 0 bridgehead atoms. The van der Waals surface area contributed by atoms with E-state index in [0.717, 1.165) is 44.9 Å². The second-order valence-corrected chi connectivity index (χ2v) is 22.0. The minimum Gasteiger partial charge on any atom is -0.462 e. The van der Waals surface area contributed by atoms with Crippen molar-refractivity contribution in [3.8, 4) is 0 Å². The Kier molecular flexibility index (Phi) is 15.9. The van der Waals surface area contributed by atoms with Crippen molar-refractivity contribution < 1.29 is 14.3 Å². The highest BCUT2D eigenvalue weighted by molar-refractivity contribution is 5.94. The molecular formula is C50H88O3. The number of hydrogen-bond donors (Lipinski definition) is 0. The first kappa shape index (κ1) is 44.6. The summed E-state index contributed by atoms with van der Waals surface area (Å²) in [5.41, 5.74) is 1.72. The van der Waals surface area contributed by atoms with Crippen molar-refractivity contribution >= 4 is 11.8 Å². The zero-order chi connectivity index (χ0) is 39.1. The predicted octanol–water partition coefficient (Wildman–Crippen LogP) is 15.0. The fraction of sp³-hybridized carbons (Fsp3) is 0.920. The number of carbonyl (C=O) groups is 2. The van der Waals surface area contributed by atoms with Crippen molar-refractivity contribution in [1.29, 1.82) is 0 Å². The highest BCUT2D eigenvalue weighted by Gasteiger charge is 2.67. The van der Waals surface area contributed by atoms with Crippen molar-refractivity contribution in [2.75, 3.05) is 0 Å². The molecule has 4 aliphatic rings. The van der Waals surface area contributed by atoms with Gasteiger partial charge in [0, 0.05) is 17.8 Å². The molecule has 1 unspecified atom stereocenters. The lowest BCUT2D eigenvalue weighted by atomic mass is 9.42. The van der Waals surface area contributed by atoms with Crippen LogP contribution in [0.1, 0.15) is 230 Å². The van der Waals surface area contributed by atoms with Crippen LogP contribution in [0.5, 0.6) is 0 Å². The first-order chi connectivity index (χ1) is 24.9. The van der Waals surface area contributed by atoms with Gasteiger partial charge in [-0.3, -0.25) is 9.59 Å². The zero-order valence-corrected chi connectivity index (χ0v) is 37.2. The molecule has 4 aliphatic carbocycles. The van der Waals surface area contributed by atoms with Gasteiger partial charge in [-0.15, -0.1) is 0 Å². The molecule has 3 saturated carbocycles. The van der Waals surface area contributed by atoms with Gasteiger partial charge in [-0.25, -0.2) is 0 Å². The van der Waals surface area contributed by atoms with Gasteiger partial charge in [0.05, 0.1) is 0 Å². The smallest absolute Gasteiger partial charge is 0.306 e. The van der Waals surface area contributed by atoms with Crippen LogP contribution in [0.2, 0.25) is 0 Å². The Morgan fingerprint density at radius 3 is 1.87 bits per heavy atom. The second-order valence-electron chi connectivity index (χ2n) is 22.0. The van der Waals surface area contributed by atoms with Crippen LogP contribution >= 0.6 is 0 Å². The molecule has 0 amide bonds. The van der Waals surface area contributed by atoms with E-state index in [2.05, 4.69) is 82.2 Å². The number of ketones is 1. The van der Waals surface area contributed by atoms with E-state index >= 15 is 0 Å². The molecule has 0 aromatic carbocycles. The summed E-state index contributed by atoms with van der Waals surface area (Å²) in [6, 6.07) is 0. The van der Waals surface area contributed by atoms with E-state index < -0.39 is 0 Å². The van der Waals surface area contributed by atoms with Gasteiger partial charge in [-0.1, -0.05) is 172 Å². The summed E-state index contributed by atoms with van der Waals surface area (Å²) in [4.78, 5) is 27.6. The number of unbranched alkanes of at least 4 members (excludes halogenated alkanes) is 14. The van der Waals surface area contributed by atoms with Crippen LogP contribution in [-0.4, -0.2) is 17.9 Å². The summed E-state index contributed by atoms with van der Waals surface area (Å²) < 4.78 is 6.62. The molecule has 9 atom stereocenters. The second kappa shape index (κ2) is 18.9. The summed E-state index contributed by atoms with van der Waals surface area (Å²) in [5.74, 6) is 2.88. The number of rotatable bonds is 21. The highest BCUT2D eigenvalue weighted by atomic mass is 16.5. The van der Waals surface area contributed by atoms with E-state index in [1.165, 1.54) is 108 Å². The fourth-order valence-electron chi connectivity index (χ4n) is 12.7. The average molecular weight is 737 g/mol. The maximum absolute atomic E-state index is 14.0. The van der Waals surface area contributed by atoms with Crippen LogP contribution in [0.4, 0.5) is 0 Å². The Hall–Kier alpha value is -1.12. The first-order valence-corrected chi connectivity index (χ1v) is 23.4. The molecule has 3 heteroatoms. The third kappa shape index (κ3) is 10.4. The zero-order valence-electron chi connectivity index (χ0n) is 37.2. The number of carbonyl (C=O) groups excluding carboxylic acids is 2. The molecule has 0 saturated heterocycles. The van der Waals surface area contributed by atoms with Gasteiger partial charge in [0.1, 0.15) is 6.10 Å². The van der Waals surface area contributed by atoms with Crippen LogP contribution in [0.15, 0.2) is 11.6 Å². The largest absolute Gasteiger partial charge is 0.462 e. The Balaban J connectivity index is 1.32. The quantitative estimate of drug-likeness (QED) is 0.0870. The summed E-state index contributed by atoms with van der Waals surface area (Å²) in [6.45, 7) is 26.5. The van der Waals surface area contributed by atoms with Crippen molar-refractivity contribution in [2.24, 2.45) is 56.7 Å². The van der Waals surface area contributed by atoms with Gasteiger partial charge in [0.2, 0.25) is 0 Å². The van der Waals surface area contributed by atoms with E-state index in [1.807, 2.05) is 0 Å². The molecule has 306 valence electrons. The molecule has 0 aromatic heterocycles. The minimum atomic E-state index is -0.143. The maximum atomic E-state index is 14.0. The normalized spacial score (nSPS) is 33.5. The number of esters is 1. The minimum absolute atomic E-state index is 0.0142. The van der Waals surface area contributed by atoms with Crippen LogP contribution in [-0.2, 0) is 14.3 Å². The number of fused-ring (bicyclic) bond motifs is 5. The van der Waals surface area contributed by atoms with Crippen LogP contribution in [0.3, 0.4) is 0 Å². The van der Waals surface area contributed by atoms with Crippen molar-refractivity contribution in [1.82, 2.24) is 0 Å². The van der Waals surface area contributed by atoms with Crippen molar-refractivity contribution in [3.63, 3.8) is 0 Å². The Bertz CT molecular complexity index is 1210. The molecule has 0 aliphatic heterocycles.